The summed E-state index contributed by atoms with van der Waals surface area (Å²) in [6, 6.07) is 7.26. The number of phenols is 1. The first-order chi connectivity index (χ1) is 20.0. The van der Waals surface area contributed by atoms with Gasteiger partial charge in [0.1, 0.15) is 30.0 Å². The third kappa shape index (κ3) is 5.60. The number of para-hydroxylation sites is 1. The average molecular weight is 606 g/mol. The molecule has 3 aromatic rings. The number of cyclic esters (lactones) is 1. The molecule has 12 nitrogen and oxygen atoms in total. The predicted octanol–water partition coefficient (Wildman–Crippen LogP) is 3.99. The monoisotopic (exact) mass is 606 g/mol. The summed E-state index contributed by atoms with van der Waals surface area (Å²) in [6.45, 7) is -1.12. The topological polar surface area (TPSA) is 154 Å². The molecule has 2 aliphatic heterocycles. The molecule has 0 saturated carbocycles. The molecular weight excluding hydrogens is 584 g/mol. The molecule has 1 aromatic heterocycles. The van der Waals surface area contributed by atoms with Crippen molar-refractivity contribution in [3.8, 4) is 5.75 Å². The van der Waals surface area contributed by atoms with Gasteiger partial charge < -0.3 is 24.2 Å². The van der Waals surface area contributed by atoms with Crippen LogP contribution in [0.3, 0.4) is 0 Å². The number of carbonyl (C=O) groups is 3. The van der Waals surface area contributed by atoms with Gasteiger partial charge in [-0.2, -0.15) is 0 Å². The highest BCUT2D eigenvalue weighted by atomic mass is 31.2. The second-order valence-electron chi connectivity index (χ2n) is 9.40. The molecule has 2 aliphatic rings. The van der Waals surface area contributed by atoms with E-state index in [0.29, 0.717) is 11.0 Å². The molecule has 0 spiro atoms. The number of hydrogen-bond acceptors (Lipinski definition) is 9. The molecule has 1 saturated heterocycles. The van der Waals surface area contributed by atoms with E-state index in [2.05, 4.69) is 5.16 Å². The Balaban J connectivity index is 1.38. The quantitative estimate of drug-likeness (QED) is 0.207. The van der Waals surface area contributed by atoms with Crippen molar-refractivity contribution in [1.82, 2.24) is 5.16 Å². The molecule has 1 amide bonds. The van der Waals surface area contributed by atoms with Gasteiger partial charge in [-0.15, -0.1) is 0 Å². The van der Waals surface area contributed by atoms with Crippen LogP contribution >= 0.6 is 7.52 Å². The lowest BCUT2D eigenvalue weighted by molar-refractivity contribution is -0.114. The molecule has 5 rings (SSSR count). The van der Waals surface area contributed by atoms with Crippen molar-refractivity contribution >= 4 is 42.4 Å². The number of rotatable bonds is 9. The number of ketones is 2. The van der Waals surface area contributed by atoms with Gasteiger partial charge in [0.2, 0.25) is 0 Å². The number of allylic oxidation sites excluding steroid dienone is 1. The van der Waals surface area contributed by atoms with E-state index < -0.39 is 79.3 Å². The zero-order valence-corrected chi connectivity index (χ0v) is 22.4. The van der Waals surface area contributed by atoms with Crippen LogP contribution in [0.25, 0.3) is 0 Å². The molecule has 2 aromatic carbocycles. The summed E-state index contributed by atoms with van der Waals surface area (Å²) in [4.78, 5) is 49.4. The predicted molar refractivity (Wildman–Crippen MR) is 141 cm³/mol. The van der Waals surface area contributed by atoms with Gasteiger partial charge >= 0.3 is 13.6 Å². The van der Waals surface area contributed by atoms with E-state index in [0.717, 1.165) is 28.1 Å². The van der Waals surface area contributed by atoms with E-state index in [1.54, 1.807) is 0 Å². The Morgan fingerprint density at radius 2 is 1.93 bits per heavy atom. The molecule has 2 atom stereocenters. The molecule has 1 fully saturated rings. The molecule has 42 heavy (non-hydrogen) atoms. The number of halogens is 3. The smallest absolute Gasteiger partial charge is 0.414 e. The molecule has 0 bridgehead atoms. The minimum atomic E-state index is -4.64. The number of carbonyl (C=O) groups excluding carboxylic acids is 3. The molecule has 220 valence electrons. The maximum absolute atomic E-state index is 15.2. The molecule has 2 N–H and O–H groups in total. The highest BCUT2D eigenvalue weighted by Gasteiger charge is 2.41. The largest absolute Gasteiger partial charge is 0.507 e. The fourth-order valence-corrected chi connectivity index (χ4v) is 6.15. The Hall–Kier alpha value is -4.62. The number of nitrogens with zero attached hydrogens (tertiary/aromatic N) is 4. The fraction of sp³-hybridized carbons (Fsp3) is 0.231. The van der Waals surface area contributed by atoms with Crippen LogP contribution < -0.4 is 14.5 Å². The summed E-state index contributed by atoms with van der Waals surface area (Å²) in [7, 11) is -4.64. The molecule has 0 radical (unpaired) electrons. The summed E-state index contributed by atoms with van der Waals surface area (Å²) in [6.07, 6.45) is -0.118. The summed E-state index contributed by atoms with van der Waals surface area (Å²) >= 11 is 0. The number of aromatic nitrogens is 1. The number of aromatic hydroxyl groups is 1. The van der Waals surface area contributed by atoms with Crippen molar-refractivity contribution in [2.75, 3.05) is 40.3 Å². The second-order valence-corrected chi connectivity index (χ2v) is 11.5. The van der Waals surface area contributed by atoms with Gasteiger partial charge in [-0.25, -0.2) is 18.0 Å². The molecule has 0 aliphatic carbocycles. The van der Waals surface area contributed by atoms with Crippen molar-refractivity contribution < 1.29 is 51.4 Å². The van der Waals surface area contributed by atoms with Crippen LogP contribution in [0.5, 0.6) is 5.75 Å². The van der Waals surface area contributed by atoms with Crippen LogP contribution in [0.2, 0.25) is 0 Å². The lowest BCUT2D eigenvalue weighted by atomic mass is 10.1. The summed E-state index contributed by atoms with van der Waals surface area (Å²) in [5.74, 6) is -6.06. The van der Waals surface area contributed by atoms with E-state index in [-0.39, 0.29) is 30.1 Å². The Kier molecular flexibility index (Phi) is 7.80. The van der Waals surface area contributed by atoms with Gasteiger partial charge in [-0.3, -0.25) is 23.7 Å². The second kappa shape index (κ2) is 11.3. The molecule has 3 heterocycles. The first-order valence-electron chi connectivity index (χ1n) is 12.4. The molecular formula is C26H22F3N4O8P. The van der Waals surface area contributed by atoms with Crippen LogP contribution in [0.15, 0.2) is 59.5 Å². The summed E-state index contributed by atoms with van der Waals surface area (Å²) < 4.78 is 69.4. The lowest BCUT2D eigenvalue weighted by Crippen LogP contribution is -2.35. The number of amides is 1. The number of phenolic OH excluding ortho intramolecular Hbond substituents is 1. The number of Topliss-reactive ketones (excluding diaryl/α,β-unsaturated/α-hetero) is 1. The first kappa shape index (κ1) is 28.9. The number of anilines is 3. The SMILES string of the molecule is O=C1C=CN(c2c(F)cc(N3CC(CN(c4ccon4)P(=O)(O)CC(=O)c4ccccc4O)OC3=O)c(F)c2F)CC1. The van der Waals surface area contributed by atoms with Crippen LogP contribution in [-0.2, 0) is 14.1 Å². The van der Waals surface area contributed by atoms with Gasteiger partial charge in [0.25, 0.3) is 0 Å². The van der Waals surface area contributed by atoms with Crippen LogP contribution in [0.1, 0.15) is 16.8 Å². The van der Waals surface area contributed by atoms with Crippen molar-refractivity contribution in [1.29, 1.82) is 0 Å². The highest BCUT2D eigenvalue weighted by molar-refractivity contribution is 7.60. The van der Waals surface area contributed by atoms with Gasteiger partial charge in [0, 0.05) is 31.3 Å². The fourth-order valence-electron chi connectivity index (χ4n) is 4.57. The van der Waals surface area contributed by atoms with Crippen LogP contribution in [-0.4, -0.2) is 64.7 Å². The van der Waals surface area contributed by atoms with E-state index >= 15 is 8.78 Å². The Morgan fingerprint density at radius 1 is 1.17 bits per heavy atom. The minimum Gasteiger partial charge on any atom is -0.507 e. The normalized spacial score (nSPS) is 18.2. The van der Waals surface area contributed by atoms with Crippen molar-refractivity contribution in [2.45, 2.75) is 12.5 Å². The molecule has 2 unspecified atom stereocenters. The lowest BCUT2D eigenvalue weighted by Gasteiger charge is -2.28. The Morgan fingerprint density at radius 3 is 2.60 bits per heavy atom. The Labute approximate surface area is 235 Å². The van der Waals surface area contributed by atoms with Crippen molar-refractivity contribution in [3.63, 3.8) is 0 Å². The average Bonchev–Trinajstić information content (AvgIpc) is 3.60. The van der Waals surface area contributed by atoms with Gasteiger partial charge in [-0.1, -0.05) is 17.3 Å². The van der Waals surface area contributed by atoms with E-state index in [4.69, 9.17) is 9.26 Å². The standard InChI is InChI=1S/C26H22F3N4O8P/c27-18-11-19(23(28)24(29)25(18)31-8-5-15(34)6-9-31)32-12-16(41-26(32)37)13-33(22-7-10-40-30-22)42(38,39)14-21(36)17-3-1-2-4-20(17)35/h1-5,7-8,10-11,16,35H,6,9,12-14H2,(H,38,39). The number of hydrogen-bond donors (Lipinski definition) is 2. The van der Waals surface area contributed by atoms with E-state index in [9.17, 15) is 33.3 Å². The van der Waals surface area contributed by atoms with Crippen molar-refractivity contribution in [2.24, 2.45) is 0 Å². The first-order valence-corrected chi connectivity index (χ1v) is 14.2. The van der Waals surface area contributed by atoms with Crippen molar-refractivity contribution in [3.05, 3.63) is 78.0 Å². The number of ether oxygens (including phenoxy) is 1. The minimum absolute atomic E-state index is 0.0340. The summed E-state index contributed by atoms with van der Waals surface area (Å²) in [5, 5.41) is 13.6. The van der Waals surface area contributed by atoms with E-state index in [1.807, 2.05) is 0 Å². The third-order valence-corrected chi connectivity index (χ3v) is 8.43. The zero-order valence-electron chi connectivity index (χ0n) is 21.5. The van der Waals surface area contributed by atoms with Crippen LogP contribution in [0.4, 0.5) is 35.2 Å². The number of benzene rings is 2. The van der Waals surface area contributed by atoms with Gasteiger partial charge in [-0.05, 0) is 18.2 Å². The van der Waals surface area contributed by atoms with E-state index in [1.165, 1.54) is 30.3 Å². The third-order valence-electron chi connectivity index (χ3n) is 6.60. The van der Waals surface area contributed by atoms with Gasteiger partial charge in [0.05, 0.1) is 24.3 Å². The van der Waals surface area contributed by atoms with Crippen LogP contribution in [0, 0.1) is 17.5 Å². The maximum Gasteiger partial charge on any atom is 0.414 e. The van der Waals surface area contributed by atoms with Gasteiger partial charge in [0.15, 0.2) is 34.8 Å². The Bertz CT molecular complexity index is 1630. The molecule has 16 heteroatoms. The maximum atomic E-state index is 15.2. The highest BCUT2D eigenvalue weighted by Crippen LogP contribution is 2.49. The zero-order chi connectivity index (χ0) is 30.2. The summed E-state index contributed by atoms with van der Waals surface area (Å²) in [5.41, 5.74) is -1.70.